The van der Waals surface area contributed by atoms with Crippen LogP contribution in [0.25, 0.3) is 0 Å². The molecule has 0 fully saturated rings. The molecule has 53 heavy (non-hydrogen) atoms. The van der Waals surface area contributed by atoms with Crippen LogP contribution < -0.4 is 11.1 Å². The summed E-state index contributed by atoms with van der Waals surface area (Å²) in [5.41, 5.74) is 5.35. The van der Waals surface area contributed by atoms with Crippen molar-refractivity contribution in [1.82, 2.24) is 5.32 Å². The van der Waals surface area contributed by atoms with E-state index in [2.05, 4.69) is 55.6 Å². The molecule has 0 aromatic rings. The lowest BCUT2D eigenvalue weighted by molar-refractivity contribution is -0.124. The average Bonchev–Trinajstić information content (AvgIpc) is 3.13. The number of rotatable bonds is 39. The van der Waals surface area contributed by atoms with Gasteiger partial charge < -0.3 is 26.2 Å². The second-order valence-electron chi connectivity index (χ2n) is 14.3. The van der Waals surface area contributed by atoms with Gasteiger partial charge in [0.05, 0.1) is 37.9 Å². The number of allylic oxidation sites excluding steroid dienone is 7. The fourth-order valence-corrected chi connectivity index (χ4v) is 6.75. The Labute approximate surface area is 325 Å². The second kappa shape index (κ2) is 38.7. The van der Waals surface area contributed by atoms with E-state index in [-0.39, 0.29) is 19.6 Å². The first-order chi connectivity index (χ1) is 25.8. The quantitative estimate of drug-likeness (QED) is 0.0235. The van der Waals surface area contributed by atoms with E-state index in [0.717, 1.165) is 44.9 Å². The second-order valence-corrected chi connectivity index (χ2v) is 15.8. The highest BCUT2D eigenvalue weighted by atomic mass is 31.2. The van der Waals surface area contributed by atoms with Crippen molar-refractivity contribution in [1.29, 1.82) is 0 Å². The van der Waals surface area contributed by atoms with Crippen molar-refractivity contribution in [2.75, 3.05) is 19.8 Å². The van der Waals surface area contributed by atoms with Gasteiger partial charge in [0.25, 0.3) is 0 Å². The Morgan fingerprint density at radius 1 is 0.679 bits per heavy atom. The summed E-state index contributed by atoms with van der Waals surface area (Å²) in [4.78, 5) is 22.7. The smallest absolute Gasteiger partial charge is 0.393 e. The molecule has 0 heterocycles. The highest BCUT2D eigenvalue weighted by Gasteiger charge is 2.27. The number of nitrogens with two attached hydrogens (primary N) is 1. The lowest BCUT2D eigenvalue weighted by atomic mass is 10.0. The highest BCUT2D eigenvalue weighted by Crippen LogP contribution is 2.43. The van der Waals surface area contributed by atoms with Crippen molar-refractivity contribution < 1.29 is 33.5 Å². The number of phosphoric ester groups is 1. The molecule has 0 saturated carbocycles. The van der Waals surface area contributed by atoms with Crippen molar-refractivity contribution in [3.63, 3.8) is 0 Å². The van der Waals surface area contributed by atoms with Gasteiger partial charge in [-0.1, -0.05) is 165 Å². The molecule has 4 atom stereocenters. The third kappa shape index (κ3) is 37.1. The predicted octanol–water partition coefficient (Wildman–Crippen LogP) is 10.7. The van der Waals surface area contributed by atoms with E-state index in [0.29, 0.717) is 12.8 Å². The van der Waals surface area contributed by atoms with E-state index in [1.165, 1.54) is 103 Å². The van der Waals surface area contributed by atoms with E-state index >= 15 is 0 Å². The maximum Gasteiger partial charge on any atom is 0.472 e. The summed E-state index contributed by atoms with van der Waals surface area (Å²) in [7, 11) is -4.40. The molecular weight excluding hydrogens is 687 g/mol. The fraction of sp³-hybridized carbons (Fsp3) is 0.791. The van der Waals surface area contributed by atoms with Crippen LogP contribution in [0.15, 0.2) is 48.6 Å². The van der Waals surface area contributed by atoms with Crippen LogP contribution in [0, 0.1) is 0 Å². The summed E-state index contributed by atoms with van der Waals surface area (Å²) in [6.07, 6.45) is 43.5. The first-order valence-electron chi connectivity index (χ1n) is 21.3. The number of hydrogen-bond donors (Lipinski definition) is 5. The number of amides is 1. The molecule has 310 valence electrons. The standard InChI is InChI=1S/C43H81N2O7P/c1-3-5-7-9-11-13-15-17-18-19-20-21-22-23-24-26-28-30-32-34-40(46)38-43(48)45-41(39-52-53(49,50)51-37-36-44)42(47)35-33-31-29-27-25-16-14-12-10-8-6-4-2/h5,7,11,13,25,27,33,35,40-42,46-47H,3-4,6,8-10,12,14-24,26,28-32,34,36-39,44H2,1-2H3,(H,45,48)(H,49,50)/b7-5-,13-11-,27-25+,35-33+. The van der Waals surface area contributed by atoms with Gasteiger partial charge in [-0.15, -0.1) is 0 Å². The van der Waals surface area contributed by atoms with Crippen LogP contribution in [0.2, 0.25) is 0 Å². The summed E-state index contributed by atoms with van der Waals surface area (Å²) in [5, 5.41) is 24.0. The molecule has 6 N–H and O–H groups in total. The zero-order valence-electron chi connectivity index (χ0n) is 33.9. The molecule has 0 bridgehead atoms. The van der Waals surface area contributed by atoms with Gasteiger partial charge in [-0.05, 0) is 57.8 Å². The van der Waals surface area contributed by atoms with E-state index < -0.39 is 38.6 Å². The number of aliphatic hydroxyl groups is 2. The van der Waals surface area contributed by atoms with Crippen LogP contribution in [0.4, 0.5) is 0 Å². The first kappa shape index (κ1) is 51.4. The number of phosphoric acid groups is 1. The average molecular weight is 769 g/mol. The molecule has 0 spiro atoms. The Kier molecular flexibility index (Phi) is 37.5. The van der Waals surface area contributed by atoms with Crippen molar-refractivity contribution in [3.05, 3.63) is 48.6 Å². The summed E-state index contributed by atoms with van der Waals surface area (Å²) in [5.74, 6) is -0.459. The summed E-state index contributed by atoms with van der Waals surface area (Å²) in [6.45, 7) is 3.82. The zero-order chi connectivity index (χ0) is 39.1. The largest absolute Gasteiger partial charge is 0.472 e. The molecule has 4 unspecified atom stereocenters. The van der Waals surface area contributed by atoms with Gasteiger partial charge in [-0.25, -0.2) is 4.57 Å². The van der Waals surface area contributed by atoms with Crippen LogP contribution in [0.5, 0.6) is 0 Å². The molecule has 1 amide bonds. The van der Waals surface area contributed by atoms with Gasteiger partial charge in [-0.3, -0.25) is 13.8 Å². The number of unbranched alkanes of at least 4 members (excludes halogenated alkanes) is 19. The normalized spacial score (nSPS) is 15.2. The minimum Gasteiger partial charge on any atom is -0.393 e. The molecule has 0 aromatic carbocycles. The maximum absolute atomic E-state index is 12.8. The van der Waals surface area contributed by atoms with Gasteiger partial charge in [0, 0.05) is 6.54 Å². The Bertz CT molecular complexity index is 988. The SMILES string of the molecule is CC/C=C\C/C=C\CCCCCCCCCCCCCCC(O)CC(=O)NC(COP(=O)(O)OCCN)C(O)/C=C/CC/C=C/CCCCCCCC. The first-order valence-corrected chi connectivity index (χ1v) is 22.8. The molecule has 0 radical (unpaired) electrons. The zero-order valence-corrected chi connectivity index (χ0v) is 34.8. The summed E-state index contributed by atoms with van der Waals surface area (Å²) < 4.78 is 22.0. The summed E-state index contributed by atoms with van der Waals surface area (Å²) in [6, 6.07) is -0.999. The fourth-order valence-electron chi connectivity index (χ4n) is 5.99. The van der Waals surface area contributed by atoms with Crippen molar-refractivity contribution in [3.8, 4) is 0 Å². The molecule has 10 heteroatoms. The van der Waals surface area contributed by atoms with Crippen LogP contribution in [0.3, 0.4) is 0 Å². The minimum absolute atomic E-state index is 0.0433. The Morgan fingerprint density at radius 3 is 1.77 bits per heavy atom. The van der Waals surface area contributed by atoms with E-state index in [4.69, 9.17) is 14.8 Å². The van der Waals surface area contributed by atoms with Gasteiger partial charge in [-0.2, -0.15) is 0 Å². The van der Waals surface area contributed by atoms with Crippen molar-refractivity contribution in [2.45, 2.75) is 199 Å². The Balaban J connectivity index is 4.29. The van der Waals surface area contributed by atoms with Gasteiger partial charge >= 0.3 is 7.82 Å². The van der Waals surface area contributed by atoms with Crippen molar-refractivity contribution in [2.24, 2.45) is 5.73 Å². The third-order valence-corrected chi connectivity index (χ3v) is 10.2. The number of hydrogen-bond acceptors (Lipinski definition) is 7. The number of carbonyl (C=O) groups excluding carboxylic acids is 1. The van der Waals surface area contributed by atoms with Gasteiger partial charge in [0.2, 0.25) is 5.91 Å². The topological polar surface area (TPSA) is 151 Å². The van der Waals surface area contributed by atoms with Crippen molar-refractivity contribution >= 4 is 13.7 Å². The summed E-state index contributed by atoms with van der Waals surface area (Å²) >= 11 is 0. The van der Waals surface area contributed by atoms with E-state index in [1.807, 2.05) is 6.08 Å². The van der Waals surface area contributed by atoms with E-state index in [9.17, 15) is 24.5 Å². The number of aliphatic hydroxyl groups excluding tert-OH is 2. The number of carbonyl (C=O) groups is 1. The lowest BCUT2D eigenvalue weighted by Gasteiger charge is -2.24. The maximum atomic E-state index is 12.8. The monoisotopic (exact) mass is 769 g/mol. The molecule has 0 aromatic heterocycles. The van der Waals surface area contributed by atoms with Crippen LogP contribution in [-0.4, -0.2) is 59.0 Å². The van der Waals surface area contributed by atoms with Gasteiger partial charge in [0.1, 0.15) is 0 Å². The van der Waals surface area contributed by atoms with Crippen LogP contribution in [0.1, 0.15) is 181 Å². The third-order valence-electron chi connectivity index (χ3n) is 9.19. The Hall–Kier alpha value is -1.58. The molecule has 0 aliphatic carbocycles. The van der Waals surface area contributed by atoms with Crippen LogP contribution in [-0.2, 0) is 18.4 Å². The molecule has 0 aliphatic heterocycles. The molecule has 0 aliphatic rings. The molecule has 9 nitrogen and oxygen atoms in total. The predicted molar refractivity (Wildman–Crippen MR) is 223 cm³/mol. The number of nitrogens with one attached hydrogen (secondary N) is 1. The molecular formula is C43H81N2O7P. The van der Waals surface area contributed by atoms with Crippen LogP contribution >= 0.6 is 7.82 Å². The van der Waals surface area contributed by atoms with E-state index in [1.54, 1.807) is 6.08 Å². The highest BCUT2D eigenvalue weighted by molar-refractivity contribution is 7.47. The lowest BCUT2D eigenvalue weighted by Crippen LogP contribution is -2.46. The molecule has 0 saturated heterocycles. The minimum atomic E-state index is -4.40. The molecule has 0 rings (SSSR count). The van der Waals surface area contributed by atoms with Gasteiger partial charge in [0.15, 0.2) is 0 Å². The Morgan fingerprint density at radius 2 is 1.19 bits per heavy atom.